The van der Waals surface area contributed by atoms with Crippen molar-refractivity contribution in [2.45, 2.75) is 20.4 Å². The van der Waals surface area contributed by atoms with Crippen LogP contribution in [0.5, 0.6) is 0 Å². The molecular weight excluding hydrogens is 264 g/mol. The Kier molecular flexibility index (Phi) is 3.44. The van der Waals surface area contributed by atoms with Crippen molar-refractivity contribution in [3.05, 3.63) is 48.0 Å². The van der Waals surface area contributed by atoms with Crippen molar-refractivity contribution in [1.82, 2.24) is 4.57 Å². The highest BCUT2D eigenvalue weighted by molar-refractivity contribution is 6.09. The number of hydrogen-bond acceptors (Lipinski definition) is 3. The highest BCUT2D eigenvalue weighted by atomic mass is 16.7. The molecule has 2 aromatic carbocycles. The number of hydrogen-bond donors (Lipinski definition) is 0. The fourth-order valence-electron chi connectivity index (χ4n) is 2.65. The van der Waals surface area contributed by atoms with Crippen LogP contribution in [0.15, 0.2) is 47.6 Å². The normalized spacial score (nSPS) is 11.5. The first kappa shape index (κ1) is 13.4. The maximum absolute atomic E-state index is 10.7. The predicted molar refractivity (Wildman–Crippen MR) is 84.5 cm³/mol. The second-order valence-corrected chi connectivity index (χ2v) is 4.86. The molecule has 0 N–H and O–H groups in total. The Bertz CT molecular complexity index is 846. The molecule has 0 aliphatic rings. The van der Waals surface area contributed by atoms with Gasteiger partial charge in [0.05, 0.1) is 6.21 Å². The van der Waals surface area contributed by atoms with Crippen LogP contribution in [0, 0.1) is 0 Å². The van der Waals surface area contributed by atoms with Crippen LogP contribution in [0.2, 0.25) is 0 Å². The summed E-state index contributed by atoms with van der Waals surface area (Å²) in [6.45, 7) is 4.39. The monoisotopic (exact) mass is 280 g/mol. The average molecular weight is 280 g/mol. The fraction of sp³-hybridized carbons (Fsp3) is 0.176. The molecule has 0 saturated carbocycles. The van der Waals surface area contributed by atoms with Crippen molar-refractivity contribution in [1.29, 1.82) is 0 Å². The molecule has 1 heterocycles. The first-order valence-corrected chi connectivity index (χ1v) is 6.92. The lowest BCUT2D eigenvalue weighted by Gasteiger charge is -2.02. The van der Waals surface area contributed by atoms with E-state index in [4.69, 9.17) is 0 Å². The number of rotatable bonds is 3. The van der Waals surface area contributed by atoms with E-state index in [0.29, 0.717) is 0 Å². The van der Waals surface area contributed by atoms with E-state index in [1.54, 1.807) is 6.21 Å². The molecule has 0 aliphatic heterocycles. The second kappa shape index (κ2) is 5.40. The molecule has 3 aromatic rings. The SMILES string of the molecule is CCn1c2ccccc2c2cc(C=NOC(C)=O)ccc21. The van der Waals surface area contributed by atoms with Crippen LogP contribution in [0.3, 0.4) is 0 Å². The van der Waals surface area contributed by atoms with Crippen LogP contribution >= 0.6 is 0 Å². The van der Waals surface area contributed by atoms with Crippen molar-refractivity contribution >= 4 is 34.0 Å². The van der Waals surface area contributed by atoms with Gasteiger partial charge in [-0.3, -0.25) is 0 Å². The Labute approximate surface area is 122 Å². The largest absolute Gasteiger partial charge is 0.341 e. The van der Waals surface area contributed by atoms with E-state index in [9.17, 15) is 4.79 Å². The molecule has 1 aromatic heterocycles. The minimum Gasteiger partial charge on any atom is -0.341 e. The number of aryl methyl sites for hydroxylation is 1. The highest BCUT2D eigenvalue weighted by Crippen LogP contribution is 2.29. The molecule has 0 fully saturated rings. The summed E-state index contributed by atoms with van der Waals surface area (Å²) in [5.74, 6) is -0.421. The molecule has 0 aliphatic carbocycles. The number of nitrogens with zero attached hydrogens (tertiary/aromatic N) is 2. The summed E-state index contributed by atoms with van der Waals surface area (Å²) < 4.78 is 2.29. The molecule has 0 saturated heterocycles. The zero-order chi connectivity index (χ0) is 14.8. The number of aromatic nitrogens is 1. The molecule has 4 nitrogen and oxygen atoms in total. The Morgan fingerprint density at radius 3 is 2.71 bits per heavy atom. The molecule has 0 unspecified atom stereocenters. The van der Waals surface area contributed by atoms with Crippen LogP contribution in [-0.2, 0) is 16.2 Å². The fourth-order valence-corrected chi connectivity index (χ4v) is 2.65. The first-order valence-electron chi connectivity index (χ1n) is 6.92. The van der Waals surface area contributed by atoms with Crippen molar-refractivity contribution in [3.63, 3.8) is 0 Å². The number of fused-ring (bicyclic) bond motifs is 3. The van der Waals surface area contributed by atoms with Crippen molar-refractivity contribution in [3.8, 4) is 0 Å². The Balaban J connectivity index is 2.15. The van der Waals surface area contributed by atoms with Crippen LogP contribution in [0.25, 0.3) is 21.8 Å². The van der Waals surface area contributed by atoms with Crippen molar-refractivity contribution < 1.29 is 9.63 Å². The van der Waals surface area contributed by atoms with E-state index < -0.39 is 5.97 Å². The van der Waals surface area contributed by atoms with Gasteiger partial charge in [0, 0.05) is 35.3 Å². The Morgan fingerprint density at radius 2 is 1.95 bits per heavy atom. The van der Waals surface area contributed by atoms with E-state index in [1.807, 2.05) is 12.1 Å². The summed E-state index contributed by atoms with van der Waals surface area (Å²) in [4.78, 5) is 15.3. The lowest BCUT2D eigenvalue weighted by molar-refractivity contribution is -0.140. The third kappa shape index (κ3) is 2.40. The van der Waals surface area contributed by atoms with Gasteiger partial charge in [-0.15, -0.1) is 0 Å². The lowest BCUT2D eigenvalue weighted by Crippen LogP contribution is -1.93. The van der Waals surface area contributed by atoms with Gasteiger partial charge in [0.2, 0.25) is 0 Å². The number of oxime groups is 1. The lowest BCUT2D eigenvalue weighted by atomic mass is 10.1. The van der Waals surface area contributed by atoms with Gasteiger partial charge in [0.1, 0.15) is 0 Å². The molecule has 0 bridgehead atoms. The van der Waals surface area contributed by atoms with Gasteiger partial charge in [0.25, 0.3) is 0 Å². The standard InChI is InChI=1S/C17H16N2O2/c1-3-19-16-7-5-4-6-14(16)15-10-13(8-9-17(15)19)11-18-21-12(2)20/h4-11H,3H2,1-2H3. The molecule has 0 spiro atoms. The van der Waals surface area contributed by atoms with Gasteiger partial charge >= 0.3 is 5.97 Å². The number of carbonyl (C=O) groups excluding carboxylic acids is 1. The molecule has 0 radical (unpaired) electrons. The van der Waals surface area contributed by atoms with Crippen LogP contribution < -0.4 is 0 Å². The summed E-state index contributed by atoms with van der Waals surface area (Å²) in [6.07, 6.45) is 1.55. The van der Waals surface area contributed by atoms with Gasteiger partial charge < -0.3 is 9.40 Å². The summed E-state index contributed by atoms with van der Waals surface area (Å²) in [6, 6.07) is 14.5. The maximum Gasteiger partial charge on any atom is 0.331 e. The molecule has 4 heteroatoms. The number of carbonyl (C=O) groups is 1. The van der Waals surface area contributed by atoms with Crippen LogP contribution in [0.1, 0.15) is 19.4 Å². The topological polar surface area (TPSA) is 43.6 Å². The van der Waals surface area contributed by atoms with Crippen LogP contribution in [-0.4, -0.2) is 16.8 Å². The summed E-state index contributed by atoms with van der Waals surface area (Å²) in [7, 11) is 0. The van der Waals surface area contributed by atoms with Gasteiger partial charge in [-0.05, 0) is 30.7 Å². The summed E-state index contributed by atoms with van der Waals surface area (Å²) in [5, 5.41) is 6.07. The molecule has 21 heavy (non-hydrogen) atoms. The van der Waals surface area contributed by atoms with Crippen LogP contribution in [0.4, 0.5) is 0 Å². The summed E-state index contributed by atoms with van der Waals surface area (Å²) >= 11 is 0. The van der Waals surface area contributed by atoms with Gasteiger partial charge in [0.15, 0.2) is 0 Å². The summed E-state index contributed by atoms with van der Waals surface area (Å²) in [5.41, 5.74) is 3.33. The highest BCUT2D eigenvalue weighted by Gasteiger charge is 2.08. The zero-order valence-electron chi connectivity index (χ0n) is 12.0. The Morgan fingerprint density at radius 1 is 1.19 bits per heavy atom. The van der Waals surface area contributed by atoms with Crippen molar-refractivity contribution in [2.24, 2.45) is 5.16 Å². The molecule has 0 atom stereocenters. The van der Waals surface area contributed by atoms with E-state index in [-0.39, 0.29) is 0 Å². The average Bonchev–Trinajstić information content (AvgIpc) is 2.80. The predicted octanol–water partition coefficient (Wildman–Crippen LogP) is 3.71. The van der Waals surface area contributed by atoms with Gasteiger partial charge in [-0.1, -0.05) is 29.4 Å². The third-order valence-corrected chi connectivity index (χ3v) is 3.50. The molecular formula is C17H16N2O2. The second-order valence-electron chi connectivity index (χ2n) is 4.86. The zero-order valence-corrected chi connectivity index (χ0v) is 12.0. The Hall–Kier alpha value is -2.62. The number of para-hydroxylation sites is 1. The minimum absolute atomic E-state index is 0.421. The van der Waals surface area contributed by atoms with E-state index >= 15 is 0 Å². The first-order chi connectivity index (χ1) is 10.2. The minimum atomic E-state index is -0.421. The third-order valence-electron chi connectivity index (χ3n) is 3.50. The smallest absolute Gasteiger partial charge is 0.331 e. The van der Waals surface area contributed by atoms with Crippen molar-refractivity contribution in [2.75, 3.05) is 0 Å². The van der Waals surface area contributed by atoms with Gasteiger partial charge in [-0.25, -0.2) is 4.79 Å². The van der Waals surface area contributed by atoms with E-state index in [2.05, 4.69) is 51.8 Å². The quantitative estimate of drug-likeness (QED) is 0.417. The van der Waals surface area contributed by atoms with E-state index in [1.165, 1.54) is 28.7 Å². The van der Waals surface area contributed by atoms with Gasteiger partial charge in [-0.2, -0.15) is 0 Å². The number of benzene rings is 2. The van der Waals surface area contributed by atoms with E-state index in [0.717, 1.165) is 12.1 Å². The maximum atomic E-state index is 10.7. The molecule has 0 amide bonds. The molecule has 106 valence electrons. The molecule has 3 rings (SSSR count).